The summed E-state index contributed by atoms with van der Waals surface area (Å²) in [6.45, 7) is 4.72. The molecule has 0 fully saturated rings. The summed E-state index contributed by atoms with van der Waals surface area (Å²) in [5.41, 5.74) is 0.646. The third-order valence-electron chi connectivity index (χ3n) is 4.41. The second kappa shape index (κ2) is 9.86. The van der Waals surface area contributed by atoms with Crippen LogP contribution in [0.3, 0.4) is 0 Å². The number of hydrogen-bond acceptors (Lipinski definition) is 4. The van der Waals surface area contributed by atoms with Crippen molar-refractivity contribution in [1.82, 2.24) is 5.32 Å². The van der Waals surface area contributed by atoms with Crippen LogP contribution in [0.1, 0.15) is 43.9 Å². The molecule has 0 aromatic heterocycles. The lowest BCUT2D eigenvalue weighted by Gasteiger charge is -2.29. The van der Waals surface area contributed by atoms with Gasteiger partial charge in [-0.15, -0.1) is 0 Å². The quantitative estimate of drug-likeness (QED) is 0.593. The van der Waals surface area contributed by atoms with Crippen molar-refractivity contribution in [3.05, 3.63) is 70.2 Å². The van der Waals surface area contributed by atoms with Gasteiger partial charge < -0.3 is 15.2 Å². The molecule has 2 N–H and O–H groups in total. The number of ether oxygens (including phenoxy) is 1. The molecule has 0 radical (unpaired) electrons. The first kappa shape index (κ1) is 20.6. The number of carbonyl (C=O) groups is 1. The van der Waals surface area contributed by atoms with E-state index >= 15 is 0 Å². The van der Waals surface area contributed by atoms with Gasteiger partial charge in [0.25, 0.3) is 0 Å². The molecule has 140 valence electrons. The van der Waals surface area contributed by atoms with Gasteiger partial charge >= 0.3 is 5.97 Å². The Morgan fingerprint density at radius 2 is 1.85 bits per heavy atom. The molecule has 0 spiro atoms. The fourth-order valence-corrected chi connectivity index (χ4v) is 3.16. The lowest BCUT2D eigenvalue weighted by Crippen LogP contribution is -2.34. The smallest absolute Gasteiger partial charge is 0.309 e. The maximum absolute atomic E-state index is 12.0. The van der Waals surface area contributed by atoms with Crippen LogP contribution in [-0.4, -0.2) is 24.2 Å². The van der Waals surface area contributed by atoms with Crippen molar-refractivity contribution in [3.8, 4) is 0 Å². The van der Waals surface area contributed by atoms with Gasteiger partial charge in [0.2, 0.25) is 0 Å². The number of benzene rings is 2. The zero-order chi connectivity index (χ0) is 19.0. The molecule has 2 rings (SSSR count). The number of halogens is 1. The molecule has 0 aliphatic carbocycles. The molecule has 26 heavy (non-hydrogen) atoms. The Kier molecular flexibility index (Phi) is 7.82. The topological polar surface area (TPSA) is 58.6 Å². The molecule has 0 bridgehead atoms. The summed E-state index contributed by atoms with van der Waals surface area (Å²) in [7, 11) is 0. The number of hydrogen-bond donors (Lipinski definition) is 2. The van der Waals surface area contributed by atoms with E-state index in [2.05, 4.69) is 40.3 Å². The largest absolute Gasteiger partial charge is 0.466 e. The molecule has 5 heteroatoms. The molecule has 0 aliphatic rings. The van der Waals surface area contributed by atoms with E-state index in [1.54, 1.807) is 6.92 Å². The summed E-state index contributed by atoms with van der Waals surface area (Å²) in [6, 6.07) is 17.6. The number of carbonyl (C=O) groups excluding carboxylic acids is 1. The molecule has 2 unspecified atom stereocenters. The Balaban J connectivity index is 2.02. The summed E-state index contributed by atoms with van der Waals surface area (Å²) in [6.07, 6.45) is 0.357. The molecule has 0 aliphatic heterocycles. The Labute approximate surface area is 163 Å². The predicted molar refractivity (Wildman–Crippen MR) is 107 cm³/mol. The van der Waals surface area contributed by atoms with Gasteiger partial charge in [-0.05, 0) is 50.1 Å². The average Bonchev–Trinajstić information content (AvgIpc) is 2.63. The number of aliphatic hydroxyl groups is 1. The van der Waals surface area contributed by atoms with Crippen LogP contribution in [0.4, 0.5) is 0 Å². The average molecular weight is 420 g/mol. The number of esters is 1. The summed E-state index contributed by atoms with van der Waals surface area (Å²) in [4.78, 5) is 12.0. The van der Waals surface area contributed by atoms with Crippen LogP contribution in [0.2, 0.25) is 0 Å². The van der Waals surface area contributed by atoms with Gasteiger partial charge in [-0.1, -0.05) is 58.4 Å². The second-order valence-corrected chi connectivity index (χ2v) is 7.27. The van der Waals surface area contributed by atoms with Crippen LogP contribution in [0.15, 0.2) is 59.1 Å². The monoisotopic (exact) mass is 419 g/mol. The summed E-state index contributed by atoms with van der Waals surface area (Å²) in [5.74, 6) is -0.389. The zero-order valence-corrected chi connectivity index (χ0v) is 16.8. The Bertz CT molecular complexity index is 690. The van der Waals surface area contributed by atoms with Gasteiger partial charge in [0.1, 0.15) is 5.60 Å². The molecular formula is C21H26BrNO3. The van der Waals surface area contributed by atoms with Crippen molar-refractivity contribution in [3.63, 3.8) is 0 Å². The molecule has 0 saturated heterocycles. The van der Waals surface area contributed by atoms with Crippen molar-refractivity contribution in [2.45, 2.75) is 38.3 Å². The highest BCUT2D eigenvalue weighted by Gasteiger charge is 2.32. The van der Waals surface area contributed by atoms with Gasteiger partial charge in [0.15, 0.2) is 0 Å². The third kappa shape index (κ3) is 5.94. The Hall–Kier alpha value is -1.69. The van der Waals surface area contributed by atoms with Crippen molar-refractivity contribution < 1.29 is 14.6 Å². The fraction of sp³-hybridized carbons (Fsp3) is 0.381. The van der Waals surface area contributed by atoms with Crippen molar-refractivity contribution >= 4 is 21.9 Å². The lowest BCUT2D eigenvalue weighted by atomic mass is 9.87. The Morgan fingerprint density at radius 3 is 2.46 bits per heavy atom. The molecule has 2 aromatic carbocycles. The van der Waals surface area contributed by atoms with Crippen molar-refractivity contribution in [2.75, 3.05) is 13.2 Å². The molecule has 2 aromatic rings. The molecule has 0 amide bonds. The van der Waals surface area contributed by atoms with Crippen LogP contribution in [0.5, 0.6) is 0 Å². The van der Waals surface area contributed by atoms with Gasteiger partial charge in [-0.2, -0.15) is 0 Å². The van der Waals surface area contributed by atoms with E-state index in [0.29, 0.717) is 19.6 Å². The predicted octanol–water partition coefficient (Wildman–Crippen LogP) is 4.33. The van der Waals surface area contributed by atoms with E-state index in [4.69, 9.17) is 4.74 Å². The SMILES string of the molecule is CCOC(=O)CC(O)(CCNC(C)c1ccc(Br)cc1)c1ccccc1. The first-order chi connectivity index (χ1) is 12.4. The first-order valence-electron chi connectivity index (χ1n) is 8.87. The molecule has 4 nitrogen and oxygen atoms in total. The van der Waals surface area contributed by atoms with Gasteiger partial charge in [0, 0.05) is 10.5 Å². The maximum atomic E-state index is 12.0. The minimum atomic E-state index is -1.25. The van der Waals surface area contributed by atoms with Crippen molar-refractivity contribution in [1.29, 1.82) is 0 Å². The van der Waals surface area contributed by atoms with E-state index in [-0.39, 0.29) is 18.4 Å². The first-order valence-corrected chi connectivity index (χ1v) is 9.66. The van der Waals surface area contributed by atoms with E-state index in [9.17, 15) is 9.90 Å². The van der Waals surface area contributed by atoms with E-state index in [0.717, 1.165) is 10.0 Å². The molecule has 0 saturated carbocycles. The summed E-state index contributed by atoms with van der Waals surface area (Å²) >= 11 is 3.44. The highest BCUT2D eigenvalue weighted by molar-refractivity contribution is 9.10. The van der Waals surface area contributed by atoms with Crippen LogP contribution in [-0.2, 0) is 15.1 Å². The highest BCUT2D eigenvalue weighted by atomic mass is 79.9. The molecular weight excluding hydrogens is 394 g/mol. The minimum Gasteiger partial charge on any atom is -0.466 e. The van der Waals surface area contributed by atoms with Gasteiger partial charge in [-0.25, -0.2) is 0 Å². The van der Waals surface area contributed by atoms with Gasteiger partial charge in [0.05, 0.1) is 13.0 Å². The fourth-order valence-electron chi connectivity index (χ4n) is 2.90. The van der Waals surface area contributed by atoms with Crippen LogP contribution in [0.25, 0.3) is 0 Å². The third-order valence-corrected chi connectivity index (χ3v) is 4.94. The van der Waals surface area contributed by atoms with E-state index in [1.165, 1.54) is 5.56 Å². The van der Waals surface area contributed by atoms with Crippen LogP contribution in [0, 0.1) is 0 Å². The molecule has 2 atom stereocenters. The number of rotatable bonds is 9. The summed E-state index contributed by atoms with van der Waals surface area (Å²) < 4.78 is 6.09. The van der Waals surface area contributed by atoms with Crippen LogP contribution < -0.4 is 5.32 Å². The summed E-state index contributed by atoms with van der Waals surface area (Å²) in [5, 5.41) is 14.6. The number of nitrogens with one attached hydrogen (secondary N) is 1. The van der Waals surface area contributed by atoms with Gasteiger partial charge in [-0.3, -0.25) is 4.79 Å². The second-order valence-electron chi connectivity index (χ2n) is 6.36. The molecule has 0 heterocycles. The Morgan fingerprint density at radius 1 is 1.19 bits per heavy atom. The highest BCUT2D eigenvalue weighted by Crippen LogP contribution is 2.29. The normalized spacial score (nSPS) is 14.5. The maximum Gasteiger partial charge on any atom is 0.309 e. The lowest BCUT2D eigenvalue weighted by molar-refractivity contribution is -0.149. The van der Waals surface area contributed by atoms with Crippen molar-refractivity contribution in [2.24, 2.45) is 0 Å². The van der Waals surface area contributed by atoms with E-state index < -0.39 is 5.60 Å². The minimum absolute atomic E-state index is 0.0564. The standard InChI is InChI=1S/C21H26BrNO3/c1-3-26-20(24)15-21(25,18-7-5-4-6-8-18)13-14-23-16(2)17-9-11-19(22)12-10-17/h4-12,16,23,25H,3,13-15H2,1-2H3. The zero-order valence-electron chi connectivity index (χ0n) is 15.2. The van der Waals surface area contributed by atoms with Crippen LogP contribution >= 0.6 is 15.9 Å². The van der Waals surface area contributed by atoms with E-state index in [1.807, 2.05) is 42.5 Å².